The van der Waals surface area contributed by atoms with E-state index >= 15 is 0 Å². The molecule has 4 rings (SSSR count). The molecule has 1 aliphatic rings. The molecule has 2 unspecified atom stereocenters. The largest absolute Gasteiger partial charge is 0.489 e. The third kappa shape index (κ3) is 3.56. The van der Waals surface area contributed by atoms with Gasteiger partial charge in [0.1, 0.15) is 18.0 Å². The third-order valence-electron chi connectivity index (χ3n) is 6.11. The molecule has 0 bridgehead atoms. The molecule has 0 amide bonds. The summed E-state index contributed by atoms with van der Waals surface area (Å²) in [5, 5.41) is 4.52. The highest BCUT2D eigenvalue weighted by Gasteiger charge is 2.42. The zero-order valence-corrected chi connectivity index (χ0v) is 17.3. The number of ether oxygens (including phenoxy) is 2. The van der Waals surface area contributed by atoms with Crippen LogP contribution in [0.1, 0.15) is 31.4 Å². The zero-order chi connectivity index (χ0) is 20.4. The van der Waals surface area contributed by atoms with Crippen LogP contribution in [0.4, 0.5) is 0 Å². The Hall–Kier alpha value is -2.63. The first-order chi connectivity index (χ1) is 14.1. The fourth-order valence-electron chi connectivity index (χ4n) is 4.43. The topological polar surface area (TPSA) is 52.5 Å². The van der Waals surface area contributed by atoms with Crippen molar-refractivity contribution in [2.24, 2.45) is 0 Å². The molecule has 0 radical (unpaired) electrons. The second-order valence-corrected chi connectivity index (χ2v) is 7.64. The predicted octanol–water partition coefficient (Wildman–Crippen LogP) is 3.82. The van der Waals surface area contributed by atoms with E-state index < -0.39 is 0 Å². The second kappa shape index (κ2) is 8.01. The van der Waals surface area contributed by atoms with Crippen molar-refractivity contribution in [2.75, 3.05) is 13.7 Å². The van der Waals surface area contributed by atoms with Gasteiger partial charge in [-0.1, -0.05) is 18.2 Å². The molecule has 3 aromatic rings. The monoisotopic (exact) mass is 392 g/mol. The van der Waals surface area contributed by atoms with Crippen LogP contribution in [-0.4, -0.2) is 24.3 Å². The van der Waals surface area contributed by atoms with Gasteiger partial charge in [0.2, 0.25) is 0 Å². The first kappa shape index (κ1) is 19.7. The molecular formula is C24H28N2O3. The Bertz CT molecular complexity index is 1080. The summed E-state index contributed by atoms with van der Waals surface area (Å²) in [4.78, 5) is 12.0. The lowest BCUT2D eigenvalue weighted by Gasteiger charge is -2.32. The number of rotatable bonds is 6. The van der Waals surface area contributed by atoms with E-state index in [2.05, 4.69) is 30.4 Å². The predicted molar refractivity (Wildman–Crippen MR) is 115 cm³/mol. The molecule has 1 fully saturated rings. The van der Waals surface area contributed by atoms with E-state index in [0.717, 1.165) is 40.7 Å². The molecule has 1 N–H and O–H groups in total. The van der Waals surface area contributed by atoms with Gasteiger partial charge in [-0.2, -0.15) is 0 Å². The Balaban J connectivity index is 1.55. The molecule has 29 heavy (non-hydrogen) atoms. The van der Waals surface area contributed by atoms with E-state index in [0.29, 0.717) is 13.2 Å². The van der Waals surface area contributed by atoms with E-state index in [-0.39, 0.29) is 17.2 Å². The van der Waals surface area contributed by atoms with Crippen molar-refractivity contribution in [3.05, 3.63) is 76.1 Å². The van der Waals surface area contributed by atoms with Crippen molar-refractivity contribution in [3.8, 4) is 5.75 Å². The summed E-state index contributed by atoms with van der Waals surface area (Å²) in [5.74, 6) is 0.830. The Morgan fingerprint density at radius 3 is 2.76 bits per heavy atom. The summed E-state index contributed by atoms with van der Waals surface area (Å²) >= 11 is 0. The van der Waals surface area contributed by atoms with Crippen molar-refractivity contribution in [1.29, 1.82) is 0 Å². The molecule has 2 heterocycles. The van der Waals surface area contributed by atoms with Crippen LogP contribution in [0, 0.1) is 0 Å². The molecule has 1 aliphatic heterocycles. The van der Waals surface area contributed by atoms with Crippen LogP contribution in [-0.2, 0) is 23.5 Å². The quantitative estimate of drug-likeness (QED) is 0.693. The number of aryl methyl sites for hydroxylation is 1. The SMILES string of the molecule is CCn1c(=O)ccc2cc(COc3cccc(C4(OC)CCNC4C)c3)ccc21. The average molecular weight is 392 g/mol. The first-order valence-electron chi connectivity index (χ1n) is 10.2. The maximum Gasteiger partial charge on any atom is 0.250 e. The molecule has 5 nitrogen and oxygen atoms in total. The highest BCUT2D eigenvalue weighted by atomic mass is 16.5. The number of nitrogens with one attached hydrogen (secondary N) is 1. The minimum absolute atomic E-state index is 0.0310. The minimum Gasteiger partial charge on any atom is -0.489 e. The molecule has 2 aromatic carbocycles. The standard InChI is InChI=1S/C24H28N2O3/c1-4-26-22-10-8-18(14-19(22)9-11-23(26)27)16-29-21-7-5-6-20(15-21)24(28-3)12-13-25-17(24)2/h5-11,14-15,17,25H,4,12-13,16H2,1-3H3. The van der Waals surface area contributed by atoms with E-state index in [1.165, 1.54) is 0 Å². The van der Waals surface area contributed by atoms with Crippen LogP contribution < -0.4 is 15.6 Å². The molecule has 0 saturated carbocycles. The van der Waals surface area contributed by atoms with Gasteiger partial charge in [-0.05, 0) is 73.7 Å². The summed E-state index contributed by atoms with van der Waals surface area (Å²) in [7, 11) is 1.78. The van der Waals surface area contributed by atoms with Gasteiger partial charge < -0.3 is 19.4 Å². The smallest absolute Gasteiger partial charge is 0.250 e. The van der Waals surface area contributed by atoms with Crippen molar-refractivity contribution >= 4 is 10.9 Å². The number of hydrogen-bond acceptors (Lipinski definition) is 4. The van der Waals surface area contributed by atoms with Gasteiger partial charge in [-0.25, -0.2) is 0 Å². The van der Waals surface area contributed by atoms with Crippen LogP contribution in [0.2, 0.25) is 0 Å². The molecule has 152 valence electrons. The van der Waals surface area contributed by atoms with Crippen LogP contribution in [0.25, 0.3) is 10.9 Å². The summed E-state index contributed by atoms with van der Waals surface area (Å²) in [5.41, 5.74) is 2.88. The van der Waals surface area contributed by atoms with Crippen molar-refractivity contribution < 1.29 is 9.47 Å². The zero-order valence-electron chi connectivity index (χ0n) is 17.3. The molecule has 2 atom stereocenters. The number of hydrogen-bond donors (Lipinski definition) is 1. The highest BCUT2D eigenvalue weighted by Crippen LogP contribution is 2.37. The second-order valence-electron chi connectivity index (χ2n) is 7.64. The maximum absolute atomic E-state index is 12.0. The maximum atomic E-state index is 12.0. The Kier molecular flexibility index (Phi) is 5.43. The Morgan fingerprint density at radius 2 is 2.03 bits per heavy atom. The molecule has 5 heteroatoms. The van der Waals surface area contributed by atoms with Gasteiger partial charge in [0.25, 0.3) is 5.56 Å². The molecule has 1 saturated heterocycles. The van der Waals surface area contributed by atoms with Gasteiger partial charge in [0.15, 0.2) is 0 Å². The fourth-order valence-corrected chi connectivity index (χ4v) is 4.43. The number of pyridine rings is 1. The highest BCUT2D eigenvalue weighted by molar-refractivity contribution is 5.79. The van der Waals surface area contributed by atoms with Crippen LogP contribution in [0.5, 0.6) is 5.75 Å². The minimum atomic E-state index is -0.313. The first-order valence-corrected chi connectivity index (χ1v) is 10.2. The summed E-state index contributed by atoms with van der Waals surface area (Å²) in [6, 6.07) is 18.1. The summed E-state index contributed by atoms with van der Waals surface area (Å²) in [6.07, 6.45) is 0.942. The molecular weight excluding hydrogens is 364 g/mol. The Labute approximate surface area is 171 Å². The average Bonchev–Trinajstić information content (AvgIpc) is 3.14. The van der Waals surface area contributed by atoms with E-state index in [9.17, 15) is 4.79 Å². The normalized spacial score (nSPS) is 21.6. The summed E-state index contributed by atoms with van der Waals surface area (Å²) < 4.78 is 13.8. The fraction of sp³-hybridized carbons (Fsp3) is 0.375. The number of fused-ring (bicyclic) bond motifs is 1. The summed E-state index contributed by atoms with van der Waals surface area (Å²) in [6.45, 7) is 6.22. The molecule has 1 aromatic heterocycles. The lowest BCUT2D eigenvalue weighted by atomic mass is 9.87. The number of aromatic nitrogens is 1. The molecule has 0 spiro atoms. The lowest BCUT2D eigenvalue weighted by Crippen LogP contribution is -2.39. The van der Waals surface area contributed by atoms with Crippen molar-refractivity contribution in [1.82, 2.24) is 9.88 Å². The molecule has 0 aliphatic carbocycles. The van der Waals surface area contributed by atoms with Crippen LogP contribution >= 0.6 is 0 Å². The van der Waals surface area contributed by atoms with Crippen LogP contribution in [0.3, 0.4) is 0 Å². The van der Waals surface area contributed by atoms with Gasteiger partial charge in [0, 0.05) is 25.8 Å². The van der Waals surface area contributed by atoms with E-state index in [4.69, 9.17) is 9.47 Å². The van der Waals surface area contributed by atoms with Gasteiger partial charge in [-0.3, -0.25) is 4.79 Å². The number of nitrogens with zero attached hydrogens (tertiary/aromatic N) is 1. The van der Waals surface area contributed by atoms with Gasteiger partial charge >= 0.3 is 0 Å². The van der Waals surface area contributed by atoms with E-state index in [1.807, 2.05) is 37.3 Å². The van der Waals surface area contributed by atoms with Crippen molar-refractivity contribution in [2.45, 2.75) is 45.1 Å². The lowest BCUT2D eigenvalue weighted by molar-refractivity contribution is -0.0208. The number of methoxy groups -OCH3 is 1. The van der Waals surface area contributed by atoms with Gasteiger partial charge in [-0.15, -0.1) is 0 Å². The van der Waals surface area contributed by atoms with Crippen LogP contribution in [0.15, 0.2) is 59.4 Å². The number of benzene rings is 2. The third-order valence-corrected chi connectivity index (χ3v) is 6.11. The Morgan fingerprint density at radius 1 is 1.17 bits per heavy atom. The van der Waals surface area contributed by atoms with Gasteiger partial charge in [0.05, 0.1) is 5.52 Å². The van der Waals surface area contributed by atoms with Crippen molar-refractivity contribution in [3.63, 3.8) is 0 Å². The van der Waals surface area contributed by atoms with E-state index in [1.54, 1.807) is 17.7 Å².